The lowest BCUT2D eigenvalue weighted by Crippen LogP contribution is -2.33. The first-order valence-corrected chi connectivity index (χ1v) is 8.48. The Kier molecular flexibility index (Phi) is 7.20. The van der Waals surface area contributed by atoms with Gasteiger partial charge in [-0.3, -0.25) is 4.79 Å². The lowest BCUT2D eigenvalue weighted by molar-refractivity contribution is -0.131. The predicted octanol–water partition coefficient (Wildman–Crippen LogP) is 4.65. The summed E-state index contributed by atoms with van der Waals surface area (Å²) in [5.41, 5.74) is 11.5. The zero-order valence-corrected chi connectivity index (χ0v) is 16.0. The molecule has 0 atom stereocenters. The number of anilines is 1. The summed E-state index contributed by atoms with van der Waals surface area (Å²) in [5.74, 6) is -0.227. The molecule has 2 aromatic rings. The molecular formula is C17H17IN4O3. The van der Waals surface area contributed by atoms with Gasteiger partial charge in [0.1, 0.15) is 0 Å². The molecule has 7 nitrogen and oxygen atoms in total. The maximum atomic E-state index is 12.7. The topological polar surface area (TPSA) is 87.5 Å². The van der Waals surface area contributed by atoms with E-state index in [0.29, 0.717) is 11.4 Å². The first-order valence-electron chi connectivity index (χ1n) is 7.40. The maximum absolute atomic E-state index is 12.7. The molecule has 0 heterocycles. The number of hydrogen-bond donors (Lipinski definition) is 0. The van der Waals surface area contributed by atoms with Crippen molar-refractivity contribution in [3.8, 4) is 0 Å². The second-order valence-electron chi connectivity index (χ2n) is 5.21. The Morgan fingerprint density at radius 2 is 2.00 bits per heavy atom. The number of carbonyl (C=O) groups is 1. The van der Waals surface area contributed by atoms with Gasteiger partial charge in [0.15, 0.2) is 6.79 Å². The van der Waals surface area contributed by atoms with Crippen LogP contribution in [0.25, 0.3) is 10.4 Å². The summed E-state index contributed by atoms with van der Waals surface area (Å²) in [6, 6.07) is 12.6. The van der Waals surface area contributed by atoms with Crippen molar-refractivity contribution >= 4 is 39.9 Å². The zero-order chi connectivity index (χ0) is 18.2. The first kappa shape index (κ1) is 19.2. The van der Waals surface area contributed by atoms with Crippen LogP contribution in [0.1, 0.15) is 11.1 Å². The number of benzene rings is 2. The smallest absolute Gasteiger partial charge is 0.255 e. The minimum Gasteiger partial charge on any atom is -0.356 e. The van der Waals surface area contributed by atoms with Crippen molar-refractivity contribution in [2.45, 2.75) is 13.3 Å². The van der Waals surface area contributed by atoms with E-state index < -0.39 is 0 Å². The Morgan fingerprint density at radius 3 is 2.60 bits per heavy atom. The molecule has 0 aliphatic rings. The number of amides is 1. The Hall–Kier alpha value is -2.13. The quantitative estimate of drug-likeness (QED) is 0.153. The Morgan fingerprint density at radius 1 is 1.28 bits per heavy atom. The molecule has 130 valence electrons. The van der Waals surface area contributed by atoms with E-state index in [9.17, 15) is 4.79 Å². The normalized spacial score (nSPS) is 10.2. The highest BCUT2D eigenvalue weighted by atomic mass is 127. The van der Waals surface area contributed by atoms with E-state index in [4.69, 9.17) is 15.1 Å². The summed E-state index contributed by atoms with van der Waals surface area (Å²) in [4.78, 5) is 20.9. The summed E-state index contributed by atoms with van der Waals surface area (Å²) >= 11 is 2.17. The van der Waals surface area contributed by atoms with E-state index in [-0.39, 0.29) is 19.1 Å². The average molecular weight is 452 g/mol. The van der Waals surface area contributed by atoms with Gasteiger partial charge in [0.2, 0.25) is 0 Å². The number of rotatable bonds is 7. The van der Waals surface area contributed by atoms with Crippen LogP contribution in [0.15, 0.2) is 47.6 Å². The predicted molar refractivity (Wildman–Crippen MR) is 103 cm³/mol. The second kappa shape index (κ2) is 9.38. The summed E-state index contributed by atoms with van der Waals surface area (Å²) in [5, 5.41) is 4.77. The van der Waals surface area contributed by atoms with E-state index in [1.165, 1.54) is 12.2 Å². The second-order valence-corrected chi connectivity index (χ2v) is 6.37. The van der Waals surface area contributed by atoms with Gasteiger partial charge in [0.25, 0.3) is 5.91 Å². The van der Waals surface area contributed by atoms with Crippen LogP contribution in [-0.2, 0) is 20.8 Å². The van der Waals surface area contributed by atoms with Gasteiger partial charge in [0.05, 0.1) is 12.1 Å². The molecule has 0 N–H and O–H groups in total. The highest BCUT2D eigenvalue weighted by Crippen LogP contribution is 2.25. The number of methoxy groups -OCH3 is 1. The van der Waals surface area contributed by atoms with Crippen LogP contribution in [0, 0.1) is 10.5 Å². The third-order valence-corrected chi connectivity index (χ3v) is 4.16. The lowest BCUT2D eigenvalue weighted by Gasteiger charge is -2.23. The van der Waals surface area contributed by atoms with Crippen LogP contribution in [0.2, 0.25) is 0 Å². The molecule has 0 aliphatic heterocycles. The Labute approximate surface area is 159 Å². The summed E-state index contributed by atoms with van der Waals surface area (Å²) in [6.07, 6.45) is 0.143. The lowest BCUT2D eigenvalue weighted by atomic mass is 10.1. The molecule has 0 saturated carbocycles. The zero-order valence-electron chi connectivity index (χ0n) is 13.8. The summed E-state index contributed by atoms with van der Waals surface area (Å²) in [6.45, 7) is 1.95. The van der Waals surface area contributed by atoms with Gasteiger partial charge in [-0.15, -0.1) is 0 Å². The molecular weight excluding hydrogens is 435 g/mol. The van der Waals surface area contributed by atoms with Crippen molar-refractivity contribution < 1.29 is 14.4 Å². The van der Waals surface area contributed by atoms with Gasteiger partial charge in [-0.1, -0.05) is 35.4 Å². The minimum absolute atomic E-state index is 0.0362. The SMILES string of the molecule is COCON(C(=O)Cc1ccc(N=[N+]=[N-])cc1)c1ccc(C)cc1I. The van der Waals surface area contributed by atoms with Gasteiger partial charge in [-0.05, 0) is 58.3 Å². The number of ether oxygens (including phenoxy) is 1. The number of halogens is 1. The molecule has 0 aliphatic carbocycles. The number of hydrogen-bond acceptors (Lipinski definition) is 4. The minimum atomic E-state index is -0.227. The van der Waals surface area contributed by atoms with Gasteiger partial charge in [0, 0.05) is 21.3 Å². The number of aryl methyl sites for hydroxylation is 1. The largest absolute Gasteiger partial charge is 0.356 e. The van der Waals surface area contributed by atoms with Crippen molar-refractivity contribution in [1.29, 1.82) is 0 Å². The molecule has 2 aromatic carbocycles. The third-order valence-electron chi connectivity index (χ3n) is 3.30. The van der Waals surface area contributed by atoms with E-state index in [1.54, 1.807) is 24.3 Å². The number of azide groups is 1. The molecule has 0 spiro atoms. The van der Waals surface area contributed by atoms with Crippen molar-refractivity contribution in [3.05, 3.63) is 67.6 Å². The monoisotopic (exact) mass is 452 g/mol. The third kappa shape index (κ3) is 5.43. The molecule has 0 aromatic heterocycles. The highest BCUT2D eigenvalue weighted by molar-refractivity contribution is 14.1. The van der Waals surface area contributed by atoms with E-state index >= 15 is 0 Å². The molecule has 1 amide bonds. The Bertz CT molecular complexity index is 789. The number of carbonyl (C=O) groups excluding carboxylic acids is 1. The molecule has 0 fully saturated rings. The fourth-order valence-electron chi connectivity index (χ4n) is 2.14. The highest BCUT2D eigenvalue weighted by Gasteiger charge is 2.20. The summed E-state index contributed by atoms with van der Waals surface area (Å²) < 4.78 is 5.84. The molecule has 0 radical (unpaired) electrons. The van der Waals surface area contributed by atoms with Crippen molar-refractivity contribution in [2.24, 2.45) is 5.11 Å². The average Bonchev–Trinajstić information content (AvgIpc) is 2.59. The molecule has 0 saturated heterocycles. The van der Waals surface area contributed by atoms with E-state index in [0.717, 1.165) is 14.7 Å². The fourth-order valence-corrected chi connectivity index (χ4v) is 3.03. The van der Waals surface area contributed by atoms with Crippen LogP contribution < -0.4 is 5.06 Å². The Balaban J connectivity index is 2.21. The number of hydroxylamine groups is 1. The van der Waals surface area contributed by atoms with Gasteiger partial charge < -0.3 is 4.74 Å². The van der Waals surface area contributed by atoms with E-state index in [1.807, 2.05) is 25.1 Å². The van der Waals surface area contributed by atoms with Crippen molar-refractivity contribution in [1.82, 2.24) is 0 Å². The van der Waals surface area contributed by atoms with Gasteiger partial charge in [-0.2, -0.15) is 5.06 Å². The van der Waals surface area contributed by atoms with Crippen molar-refractivity contribution in [3.63, 3.8) is 0 Å². The van der Waals surface area contributed by atoms with Gasteiger partial charge >= 0.3 is 0 Å². The molecule has 0 unspecified atom stereocenters. The van der Waals surface area contributed by atoms with Gasteiger partial charge in [-0.25, -0.2) is 4.84 Å². The molecule has 8 heteroatoms. The van der Waals surface area contributed by atoms with Crippen LogP contribution >= 0.6 is 22.6 Å². The molecule has 2 rings (SSSR count). The van der Waals surface area contributed by atoms with Crippen LogP contribution in [0.5, 0.6) is 0 Å². The van der Waals surface area contributed by atoms with E-state index in [2.05, 4.69) is 32.6 Å². The number of nitrogens with zero attached hydrogens (tertiary/aromatic N) is 4. The van der Waals surface area contributed by atoms with Crippen LogP contribution in [-0.4, -0.2) is 19.8 Å². The summed E-state index contributed by atoms with van der Waals surface area (Å²) in [7, 11) is 1.50. The fraction of sp³-hybridized carbons (Fsp3) is 0.235. The standard InChI is InChI=1S/C17H17IN4O3/c1-12-3-8-16(15(18)9-12)22(25-11-24-2)17(23)10-13-4-6-14(7-5-13)20-21-19/h3-9H,10-11H2,1-2H3. The molecule has 0 bridgehead atoms. The van der Waals surface area contributed by atoms with Crippen LogP contribution in [0.4, 0.5) is 11.4 Å². The maximum Gasteiger partial charge on any atom is 0.255 e. The van der Waals surface area contributed by atoms with Crippen LogP contribution in [0.3, 0.4) is 0 Å². The first-order chi connectivity index (χ1) is 12.0. The van der Waals surface area contributed by atoms with Crippen molar-refractivity contribution in [2.75, 3.05) is 19.0 Å². The molecule has 25 heavy (non-hydrogen) atoms.